The zero-order valence-corrected chi connectivity index (χ0v) is 10.6. The Balaban J connectivity index is 2.78. The fourth-order valence-corrected chi connectivity index (χ4v) is 1.48. The van der Waals surface area contributed by atoms with E-state index in [1.807, 2.05) is 6.92 Å². The molecule has 0 bridgehead atoms. The highest BCUT2D eigenvalue weighted by Crippen LogP contribution is 2.16. The van der Waals surface area contributed by atoms with Gasteiger partial charge in [0.25, 0.3) is 0 Å². The number of esters is 1. The number of anilines is 1. The van der Waals surface area contributed by atoms with Crippen LogP contribution in [0.2, 0.25) is 0 Å². The van der Waals surface area contributed by atoms with Gasteiger partial charge in [0.05, 0.1) is 18.4 Å². The summed E-state index contributed by atoms with van der Waals surface area (Å²) in [5, 5.41) is 2.70. The van der Waals surface area contributed by atoms with Gasteiger partial charge in [0, 0.05) is 6.42 Å². The minimum absolute atomic E-state index is 0.107. The van der Waals surface area contributed by atoms with Crippen molar-refractivity contribution < 1.29 is 14.3 Å². The first kappa shape index (κ1) is 14.2. The van der Waals surface area contributed by atoms with E-state index in [4.69, 9.17) is 5.73 Å². The first-order valence-corrected chi connectivity index (χ1v) is 5.75. The van der Waals surface area contributed by atoms with Crippen LogP contribution in [0.3, 0.4) is 0 Å². The number of para-hydroxylation sites is 1. The number of hydrogen-bond donors (Lipinski definition) is 2. The van der Waals surface area contributed by atoms with Gasteiger partial charge in [-0.3, -0.25) is 4.79 Å². The maximum absolute atomic E-state index is 11.7. The van der Waals surface area contributed by atoms with Gasteiger partial charge in [-0.05, 0) is 24.6 Å². The van der Waals surface area contributed by atoms with E-state index in [1.165, 1.54) is 7.11 Å². The molecular formula is C13H18N2O3. The summed E-state index contributed by atoms with van der Waals surface area (Å²) >= 11 is 0. The van der Waals surface area contributed by atoms with Crippen LogP contribution >= 0.6 is 0 Å². The van der Waals surface area contributed by atoms with Gasteiger partial charge >= 0.3 is 5.97 Å². The van der Waals surface area contributed by atoms with Crippen molar-refractivity contribution in [1.82, 2.24) is 0 Å². The van der Waals surface area contributed by atoms with Crippen LogP contribution in [0.4, 0.5) is 5.69 Å². The zero-order valence-electron chi connectivity index (χ0n) is 10.6. The summed E-state index contributed by atoms with van der Waals surface area (Å²) in [6, 6.07) is 6.73. The molecule has 3 N–H and O–H groups in total. The number of rotatable bonds is 5. The van der Waals surface area contributed by atoms with Crippen LogP contribution in [-0.4, -0.2) is 25.5 Å². The molecule has 0 aromatic heterocycles. The summed E-state index contributed by atoms with van der Waals surface area (Å²) in [4.78, 5) is 23.2. The van der Waals surface area contributed by atoms with Crippen molar-refractivity contribution in [3.05, 3.63) is 29.8 Å². The molecule has 0 aliphatic heterocycles. The van der Waals surface area contributed by atoms with Crippen LogP contribution in [0.1, 0.15) is 23.7 Å². The minimum atomic E-state index is -0.474. The molecule has 1 aromatic carbocycles. The van der Waals surface area contributed by atoms with Gasteiger partial charge in [0.15, 0.2) is 0 Å². The molecule has 18 heavy (non-hydrogen) atoms. The summed E-state index contributed by atoms with van der Waals surface area (Å²) in [5.74, 6) is -0.530. The monoisotopic (exact) mass is 250 g/mol. The highest BCUT2D eigenvalue weighted by Gasteiger charge is 2.14. The number of methoxy groups -OCH3 is 1. The SMILES string of the molecule is COC(=O)c1ccccc1NC(=O)CC(C)CN. The second kappa shape index (κ2) is 6.76. The molecule has 1 aromatic rings. The van der Waals surface area contributed by atoms with Crippen LogP contribution in [0.15, 0.2) is 24.3 Å². The smallest absolute Gasteiger partial charge is 0.339 e. The van der Waals surface area contributed by atoms with Crippen LogP contribution in [0.5, 0.6) is 0 Å². The normalized spacial score (nSPS) is 11.7. The Hall–Kier alpha value is -1.88. The third-order valence-electron chi connectivity index (χ3n) is 2.54. The number of amides is 1. The van der Waals surface area contributed by atoms with E-state index in [1.54, 1.807) is 24.3 Å². The second-order valence-corrected chi connectivity index (χ2v) is 4.13. The zero-order chi connectivity index (χ0) is 13.5. The van der Waals surface area contributed by atoms with Crippen molar-refractivity contribution in [2.75, 3.05) is 19.0 Å². The molecule has 0 saturated carbocycles. The van der Waals surface area contributed by atoms with E-state index in [0.29, 0.717) is 24.2 Å². The summed E-state index contributed by atoms with van der Waals surface area (Å²) < 4.78 is 4.65. The van der Waals surface area contributed by atoms with Crippen LogP contribution in [0, 0.1) is 5.92 Å². The molecule has 0 spiro atoms. The topological polar surface area (TPSA) is 81.4 Å². The maximum atomic E-state index is 11.7. The van der Waals surface area contributed by atoms with Crippen molar-refractivity contribution in [1.29, 1.82) is 0 Å². The molecule has 0 saturated heterocycles. The molecule has 98 valence electrons. The molecular weight excluding hydrogens is 232 g/mol. The summed E-state index contributed by atoms with van der Waals surface area (Å²) in [6.07, 6.45) is 0.325. The Morgan fingerprint density at radius 2 is 2.06 bits per heavy atom. The lowest BCUT2D eigenvalue weighted by molar-refractivity contribution is -0.116. The lowest BCUT2D eigenvalue weighted by Gasteiger charge is -2.11. The fraction of sp³-hybridized carbons (Fsp3) is 0.385. The predicted octanol–water partition coefficient (Wildman–Crippen LogP) is 1.40. The number of ether oxygens (including phenoxy) is 1. The van der Waals surface area contributed by atoms with Gasteiger partial charge in [-0.1, -0.05) is 19.1 Å². The van der Waals surface area contributed by atoms with Gasteiger partial charge in [-0.2, -0.15) is 0 Å². The lowest BCUT2D eigenvalue weighted by Crippen LogP contribution is -2.21. The van der Waals surface area contributed by atoms with Crippen molar-refractivity contribution in [3.63, 3.8) is 0 Å². The molecule has 1 atom stereocenters. The van der Waals surface area contributed by atoms with Crippen LogP contribution in [-0.2, 0) is 9.53 Å². The van der Waals surface area contributed by atoms with Crippen LogP contribution in [0.25, 0.3) is 0 Å². The molecule has 1 unspecified atom stereocenters. The molecule has 0 radical (unpaired) electrons. The summed E-state index contributed by atoms with van der Waals surface area (Å²) in [7, 11) is 1.30. The van der Waals surface area contributed by atoms with Gasteiger partial charge in [-0.25, -0.2) is 4.79 Å². The van der Waals surface area contributed by atoms with Gasteiger partial charge < -0.3 is 15.8 Å². The van der Waals surface area contributed by atoms with E-state index in [0.717, 1.165) is 0 Å². The molecule has 5 heteroatoms. The molecule has 1 amide bonds. The Labute approximate surface area is 106 Å². The van der Waals surface area contributed by atoms with Crippen molar-refractivity contribution in [2.24, 2.45) is 11.7 Å². The first-order chi connectivity index (χ1) is 8.58. The Morgan fingerprint density at radius 3 is 2.67 bits per heavy atom. The minimum Gasteiger partial charge on any atom is -0.465 e. The van der Waals surface area contributed by atoms with Crippen molar-refractivity contribution in [3.8, 4) is 0 Å². The van der Waals surface area contributed by atoms with Gasteiger partial charge in [0.1, 0.15) is 0 Å². The highest BCUT2D eigenvalue weighted by atomic mass is 16.5. The average Bonchev–Trinajstić information content (AvgIpc) is 2.38. The number of benzene rings is 1. The van der Waals surface area contributed by atoms with Crippen molar-refractivity contribution >= 4 is 17.6 Å². The number of carbonyl (C=O) groups is 2. The quantitative estimate of drug-likeness (QED) is 0.774. The number of carbonyl (C=O) groups excluding carboxylic acids is 2. The lowest BCUT2D eigenvalue weighted by atomic mass is 10.1. The summed E-state index contributed by atoms with van der Waals surface area (Å²) in [6.45, 7) is 2.35. The standard InChI is InChI=1S/C13H18N2O3/c1-9(8-14)7-12(16)15-11-6-4-3-5-10(11)13(17)18-2/h3-6,9H,7-8,14H2,1-2H3,(H,15,16). The van der Waals surface area contributed by atoms with Gasteiger partial charge in [0.2, 0.25) is 5.91 Å². The van der Waals surface area contributed by atoms with E-state index < -0.39 is 5.97 Å². The average molecular weight is 250 g/mol. The van der Waals surface area contributed by atoms with E-state index in [2.05, 4.69) is 10.1 Å². The third kappa shape index (κ3) is 3.85. The Morgan fingerprint density at radius 1 is 1.39 bits per heavy atom. The number of nitrogens with one attached hydrogen (secondary N) is 1. The predicted molar refractivity (Wildman–Crippen MR) is 69.2 cm³/mol. The molecule has 0 fully saturated rings. The molecule has 0 aliphatic rings. The van der Waals surface area contributed by atoms with Crippen LogP contribution < -0.4 is 11.1 Å². The fourth-order valence-electron chi connectivity index (χ4n) is 1.48. The largest absolute Gasteiger partial charge is 0.465 e. The van der Waals surface area contributed by atoms with E-state index >= 15 is 0 Å². The van der Waals surface area contributed by atoms with E-state index in [9.17, 15) is 9.59 Å². The molecule has 5 nitrogen and oxygen atoms in total. The third-order valence-corrected chi connectivity index (χ3v) is 2.54. The highest BCUT2D eigenvalue weighted by molar-refractivity contribution is 6.01. The Bertz CT molecular complexity index is 432. The van der Waals surface area contributed by atoms with E-state index in [-0.39, 0.29) is 11.8 Å². The first-order valence-electron chi connectivity index (χ1n) is 5.75. The summed E-state index contributed by atoms with van der Waals surface area (Å²) in [5.41, 5.74) is 6.26. The molecule has 0 heterocycles. The maximum Gasteiger partial charge on any atom is 0.339 e. The molecule has 0 aliphatic carbocycles. The number of hydrogen-bond acceptors (Lipinski definition) is 4. The second-order valence-electron chi connectivity index (χ2n) is 4.13. The van der Waals surface area contributed by atoms with Gasteiger partial charge in [-0.15, -0.1) is 0 Å². The molecule has 1 rings (SSSR count). The number of nitrogens with two attached hydrogens (primary N) is 1. The Kier molecular flexibility index (Phi) is 5.32. The van der Waals surface area contributed by atoms with Crippen molar-refractivity contribution in [2.45, 2.75) is 13.3 Å².